The summed E-state index contributed by atoms with van der Waals surface area (Å²) in [6.07, 6.45) is 1.37. The van der Waals surface area contributed by atoms with Crippen molar-refractivity contribution in [2.75, 3.05) is 7.11 Å². The number of carboxylic acids is 1. The molecule has 1 unspecified atom stereocenters. The van der Waals surface area contributed by atoms with E-state index in [-0.39, 0.29) is 17.2 Å². The van der Waals surface area contributed by atoms with Crippen LogP contribution in [0, 0.1) is 0 Å². The third-order valence-electron chi connectivity index (χ3n) is 2.29. The number of pyridine rings is 1. The molecule has 0 saturated carbocycles. The second kappa shape index (κ2) is 6.15. The van der Waals surface area contributed by atoms with Crippen LogP contribution in [-0.2, 0) is 37.4 Å². The summed E-state index contributed by atoms with van der Waals surface area (Å²) in [4.78, 5) is 22.2. The molecule has 0 spiro atoms. The van der Waals surface area contributed by atoms with Crippen LogP contribution < -0.4 is 5.56 Å². The Morgan fingerprint density at radius 2 is 2.31 bits per heavy atom. The van der Waals surface area contributed by atoms with Gasteiger partial charge in [-0.3, -0.25) is 0 Å². The van der Waals surface area contributed by atoms with E-state index in [1.165, 1.54) is 22.9 Å². The molecule has 1 atom stereocenters. The molecule has 5 nitrogen and oxygen atoms in total. The Labute approximate surface area is 109 Å². The van der Waals surface area contributed by atoms with Crippen LogP contribution in [0.2, 0.25) is 3.93 Å². The van der Waals surface area contributed by atoms with Crippen molar-refractivity contribution in [3.8, 4) is 0 Å². The van der Waals surface area contributed by atoms with Gasteiger partial charge < -0.3 is 0 Å². The Balaban J connectivity index is 2.98. The molecule has 1 aromatic heterocycles. The zero-order chi connectivity index (χ0) is 12.1. The summed E-state index contributed by atoms with van der Waals surface area (Å²) in [5.41, 5.74) is -0.0819. The van der Waals surface area contributed by atoms with Crippen molar-refractivity contribution >= 4 is 5.97 Å². The van der Waals surface area contributed by atoms with E-state index in [1.54, 1.807) is 7.11 Å². The monoisotopic (exact) mass is 412 g/mol. The van der Waals surface area contributed by atoms with Crippen molar-refractivity contribution in [3.63, 3.8) is 0 Å². The third kappa shape index (κ3) is 3.42. The van der Waals surface area contributed by atoms with E-state index in [4.69, 9.17) is 9.84 Å². The topological polar surface area (TPSA) is 68.5 Å². The van der Waals surface area contributed by atoms with Gasteiger partial charge in [0, 0.05) is 0 Å². The summed E-state index contributed by atoms with van der Waals surface area (Å²) >= 11 is 0.592. The van der Waals surface area contributed by atoms with Gasteiger partial charge in [0.25, 0.3) is 0 Å². The Kier molecular flexibility index (Phi) is 5.14. The molecule has 1 N–H and O–H groups in total. The SMILES string of the molecule is COC([CH2][Hg+])Cn1cc(C(=O)O)ccc1=O. The summed E-state index contributed by atoms with van der Waals surface area (Å²) in [7, 11) is 1.60. The van der Waals surface area contributed by atoms with Gasteiger partial charge in [0.15, 0.2) is 0 Å². The van der Waals surface area contributed by atoms with Gasteiger partial charge in [0.05, 0.1) is 0 Å². The molecule has 0 bridgehead atoms. The molecule has 6 heteroatoms. The summed E-state index contributed by atoms with van der Waals surface area (Å²) in [5.74, 6) is -1.03. The van der Waals surface area contributed by atoms with Gasteiger partial charge in [0.1, 0.15) is 0 Å². The fraction of sp³-hybridized carbons (Fsp3) is 0.400. The first-order valence-corrected chi connectivity index (χ1v) is 8.73. The van der Waals surface area contributed by atoms with Crippen LogP contribution in [-0.4, -0.2) is 28.9 Å². The number of aromatic nitrogens is 1. The minimum absolute atomic E-state index is 0.00470. The molecule has 0 aliphatic carbocycles. The van der Waals surface area contributed by atoms with Gasteiger partial charge in [-0.1, -0.05) is 0 Å². The van der Waals surface area contributed by atoms with Crippen LogP contribution in [0.4, 0.5) is 0 Å². The Hall–Kier alpha value is -0.685. The summed E-state index contributed by atoms with van der Waals surface area (Å²) in [5, 5.41) is 8.81. The van der Waals surface area contributed by atoms with E-state index in [1.807, 2.05) is 0 Å². The molecule has 0 aromatic carbocycles. The van der Waals surface area contributed by atoms with Crippen molar-refractivity contribution in [3.05, 3.63) is 34.2 Å². The van der Waals surface area contributed by atoms with Gasteiger partial charge >= 0.3 is 109 Å². The zero-order valence-corrected chi connectivity index (χ0v) is 14.5. The Morgan fingerprint density at radius 1 is 1.62 bits per heavy atom. The number of methoxy groups -OCH3 is 1. The number of ether oxygens (including phenoxy) is 1. The first-order valence-electron chi connectivity index (χ1n) is 4.84. The number of hydrogen-bond donors (Lipinski definition) is 1. The fourth-order valence-electron chi connectivity index (χ4n) is 1.30. The van der Waals surface area contributed by atoms with E-state index in [2.05, 4.69) is 0 Å². The van der Waals surface area contributed by atoms with Crippen LogP contribution in [0.25, 0.3) is 0 Å². The van der Waals surface area contributed by atoms with Crippen molar-refractivity contribution in [1.82, 2.24) is 4.57 Å². The molecule has 1 rings (SSSR count). The molecule has 0 saturated heterocycles. The normalized spacial score (nSPS) is 12.4. The number of rotatable bonds is 5. The quantitative estimate of drug-likeness (QED) is 0.719. The van der Waals surface area contributed by atoms with Crippen molar-refractivity contribution < 1.29 is 40.8 Å². The number of carbonyl (C=O) groups is 1. The zero-order valence-electron chi connectivity index (χ0n) is 9.05. The summed E-state index contributed by atoms with van der Waals surface area (Å²) in [6, 6.07) is 2.58. The first-order chi connectivity index (χ1) is 7.58. The molecular weight excluding hydrogens is 399 g/mol. The Morgan fingerprint density at radius 3 is 2.81 bits per heavy atom. The standard InChI is InChI=1S/C10H12NO4.Hg/c1-7(15-2)5-11-6-8(10(13)14)3-4-9(11)12;/h3-4,6-7H,1,5H2,2H3,(H,13,14);/q;+1. The van der Waals surface area contributed by atoms with Gasteiger partial charge in [-0.25, -0.2) is 0 Å². The van der Waals surface area contributed by atoms with Crippen LogP contribution in [0.5, 0.6) is 0 Å². The molecule has 0 amide bonds. The van der Waals surface area contributed by atoms with Gasteiger partial charge in [-0.2, -0.15) is 0 Å². The predicted octanol–water partition coefficient (Wildman–Crippen LogP) is 0.527. The van der Waals surface area contributed by atoms with E-state index in [0.717, 1.165) is 3.93 Å². The average Bonchev–Trinajstić information content (AvgIpc) is 2.27. The number of carboxylic acid groups (broad SMARTS) is 1. The molecular formula is C10H12HgNO4+. The minimum atomic E-state index is -1.03. The maximum absolute atomic E-state index is 11.5. The summed E-state index contributed by atoms with van der Waals surface area (Å²) < 4.78 is 7.55. The molecule has 0 fully saturated rings. The maximum atomic E-state index is 11.5. The van der Waals surface area contributed by atoms with E-state index in [9.17, 15) is 9.59 Å². The molecule has 0 radical (unpaired) electrons. The Bertz CT molecular complexity index is 425. The van der Waals surface area contributed by atoms with E-state index < -0.39 is 5.97 Å². The molecule has 1 aromatic rings. The van der Waals surface area contributed by atoms with E-state index in [0.29, 0.717) is 32.7 Å². The van der Waals surface area contributed by atoms with Gasteiger partial charge in [-0.05, 0) is 0 Å². The van der Waals surface area contributed by atoms with E-state index >= 15 is 0 Å². The number of hydrogen-bond acceptors (Lipinski definition) is 3. The van der Waals surface area contributed by atoms with Gasteiger partial charge in [-0.15, -0.1) is 0 Å². The van der Waals surface area contributed by atoms with Crippen LogP contribution in [0.15, 0.2) is 23.1 Å². The predicted molar refractivity (Wildman–Crippen MR) is 53.3 cm³/mol. The summed E-state index contributed by atoms with van der Waals surface area (Å²) in [6.45, 7) is 0.417. The molecule has 1 heterocycles. The van der Waals surface area contributed by atoms with Crippen molar-refractivity contribution in [2.24, 2.45) is 0 Å². The third-order valence-corrected chi connectivity index (χ3v) is 4.79. The van der Waals surface area contributed by atoms with Crippen LogP contribution in [0.1, 0.15) is 10.4 Å². The first kappa shape index (κ1) is 13.4. The molecule has 82 valence electrons. The second-order valence-electron chi connectivity index (χ2n) is 3.36. The fourth-order valence-corrected chi connectivity index (χ4v) is 2.93. The van der Waals surface area contributed by atoms with Crippen molar-refractivity contribution in [1.29, 1.82) is 0 Å². The second-order valence-corrected chi connectivity index (χ2v) is 5.60. The van der Waals surface area contributed by atoms with Gasteiger partial charge in [0.2, 0.25) is 0 Å². The molecule has 0 aliphatic rings. The number of aromatic carboxylic acids is 1. The van der Waals surface area contributed by atoms with Crippen molar-refractivity contribution in [2.45, 2.75) is 16.6 Å². The molecule has 0 aliphatic heterocycles. The van der Waals surface area contributed by atoms with Crippen LogP contribution >= 0.6 is 0 Å². The molecule has 16 heavy (non-hydrogen) atoms. The average molecular weight is 411 g/mol. The van der Waals surface area contributed by atoms with Crippen LogP contribution in [0.3, 0.4) is 0 Å². The number of nitrogens with zero attached hydrogens (tertiary/aromatic N) is 1.